The van der Waals surface area contributed by atoms with Crippen molar-refractivity contribution < 1.29 is 19.1 Å². The largest absolute Gasteiger partial charge is 0.466 e. The van der Waals surface area contributed by atoms with Gasteiger partial charge in [0.2, 0.25) is 0 Å². The zero-order chi connectivity index (χ0) is 17.4. The summed E-state index contributed by atoms with van der Waals surface area (Å²) in [6.45, 7) is 5.23. The number of hydrogen-bond donors (Lipinski definition) is 0. The van der Waals surface area contributed by atoms with E-state index in [0.29, 0.717) is 12.4 Å². The summed E-state index contributed by atoms with van der Waals surface area (Å²) in [6.07, 6.45) is 2.81. The minimum atomic E-state index is -0.471. The van der Waals surface area contributed by atoms with E-state index in [1.165, 1.54) is 12.5 Å². The van der Waals surface area contributed by atoms with Crippen molar-refractivity contribution in [3.8, 4) is 16.9 Å². The number of aryl methyl sites for hydroxylation is 1. The Hall–Kier alpha value is -2.88. The Balaban J connectivity index is 1.93. The summed E-state index contributed by atoms with van der Waals surface area (Å²) in [5.41, 5.74) is 3.32. The summed E-state index contributed by atoms with van der Waals surface area (Å²) in [6, 6.07) is 15.5. The molecule has 0 saturated heterocycles. The van der Waals surface area contributed by atoms with Crippen molar-refractivity contribution in [2.75, 3.05) is 6.61 Å². The Morgan fingerprint density at radius 1 is 1.00 bits per heavy atom. The van der Waals surface area contributed by atoms with E-state index in [4.69, 9.17) is 9.47 Å². The molecular formula is C20H20O4. The van der Waals surface area contributed by atoms with Gasteiger partial charge in [0.1, 0.15) is 5.75 Å². The predicted octanol–water partition coefficient (Wildman–Crippen LogP) is 3.94. The van der Waals surface area contributed by atoms with Crippen LogP contribution in [0.15, 0.2) is 61.2 Å². The minimum absolute atomic E-state index is 0.243. The molecule has 2 aromatic rings. The fourth-order valence-electron chi connectivity index (χ4n) is 2.23. The molecule has 0 aliphatic rings. The fraction of sp³-hybridized carbons (Fsp3) is 0.200. The summed E-state index contributed by atoms with van der Waals surface area (Å²) in [4.78, 5) is 21.9. The van der Waals surface area contributed by atoms with E-state index in [1.807, 2.05) is 24.3 Å². The lowest BCUT2D eigenvalue weighted by Crippen LogP contribution is -2.02. The molecule has 0 amide bonds. The molecule has 0 saturated carbocycles. The van der Waals surface area contributed by atoms with Crippen LogP contribution in [-0.4, -0.2) is 18.5 Å². The van der Waals surface area contributed by atoms with Crippen molar-refractivity contribution in [2.24, 2.45) is 0 Å². The molecular weight excluding hydrogens is 304 g/mol. The number of esters is 2. The van der Waals surface area contributed by atoms with Gasteiger partial charge in [0.05, 0.1) is 6.61 Å². The standard InChI is InChI=1S/C20H20O4/c1-3-20(22)24-19-12-10-18(11-13-19)17-8-6-16(7-9-17)5-4-14-23-15(2)21/h3,6-13H,1,4-5,14H2,2H3. The van der Waals surface area contributed by atoms with Gasteiger partial charge in [-0.1, -0.05) is 43.0 Å². The van der Waals surface area contributed by atoms with E-state index in [9.17, 15) is 9.59 Å². The Bertz CT molecular complexity index is 699. The molecule has 0 atom stereocenters. The van der Waals surface area contributed by atoms with Gasteiger partial charge >= 0.3 is 11.9 Å². The highest BCUT2D eigenvalue weighted by molar-refractivity contribution is 5.83. The van der Waals surface area contributed by atoms with E-state index in [-0.39, 0.29) is 5.97 Å². The first kappa shape index (κ1) is 17.5. The number of hydrogen-bond acceptors (Lipinski definition) is 4. The Kier molecular flexibility index (Phi) is 6.32. The molecule has 0 aliphatic carbocycles. The quantitative estimate of drug-likeness (QED) is 0.335. The number of carbonyl (C=O) groups is 2. The normalized spacial score (nSPS) is 10.0. The Morgan fingerprint density at radius 2 is 1.58 bits per heavy atom. The monoisotopic (exact) mass is 324 g/mol. The second kappa shape index (κ2) is 8.67. The fourth-order valence-corrected chi connectivity index (χ4v) is 2.23. The number of carbonyl (C=O) groups excluding carboxylic acids is 2. The van der Waals surface area contributed by atoms with Crippen LogP contribution in [0.4, 0.5) is 0 Å². The molecule has 0 N–H and O–H groups in total. The van der Waals surface area contributed by atoms with Crippen molar-refractivity contribution in [1.82, 2.24) is 0 Å². The molecule has 0 bridgehead atoms. The summed E-state index contributed by atoms with van der Waals surface area (Å²) in [5, 5.41) is 0. The lowest BCUT2D eigenvalue weighted by molar-refractivity contribution is -0.141. The van der Waals surface area contributed by atoms with Crippen LogP contribution >= 0.6 is 0 Å². The van der Waals surface area contributed by atoms with Gasteiger partial charge in [0.15, 0.2) is 0 Å². The predicted molar refractivity (Wildman–Crippen MR) is 92.7 cm³/mol. The minimum Gasteiger partial charge on any atom is -0.466 e. The maximum Gasteiger partial charge on any atom is 0.335 e. The second-order valence-electron chi connectivity index (χ2n) is 5.29. The van der Waals surface area contributed by atoms with Crippen LogP contribution in [0.3, 0.4) is 0 Å². The van der Waals surface area contributed by atoms with Crippen LogP contribution in [-0.2, 0) is 20.7 Å². The average Bonchev–Trinajstić information content (AvgIpc) is 2.60. The van der Waals surface area contributed by atoms with Gasteiger partial charge in [-0.2, -0.15) is 0 Å². The first-order valence-corrected chi connectivity index (χ1v) is 7.75. The van der Waals surface area contributed by atoms with E-state index < -0.39 is 5.97 Å². The summed E-state index contributed by atoms with van der Waals surface area (Å²) >= 11 is 0. The Morgan fingerprint density at radius 3 is 2.12 bits per heavy atom. The first-order chi connectivity index (χ1) is 11.6. The summed E-state index contributed by atoms with van der Waals surface area (Å²) < 4.78 is 9.97. The van der Waals surface area contributed by atoms with Crippen LogP contribution in [0, 0.1) is 0 Å². The molecule has 2 rings (SSSR count). The lowest BCUT2D eigenvalue weighted by Gasteiger charge is -2.06. The molecule has 0 heterocycles. The first-order valence-electron chi connectivity index (χ1n) is 7.75. The average molecular weight is 324 g/mol. The topological polar surface area (TPSA) is 52.6 Å². The van der Waals surface area contributed by atoms with E-state index >= 15 is 0 Å². The molecule has 124 valence electrons. The van der Waals surface area contributed by atoms with Gasteiger partial charge in [0.25, 0.3) is 0 Å². The van der Waals surface area contributed by atoms with Crippen molar-refractivity contribution in [3.63, 3.8) is 0 Å². The van der Waals surface area contributed by atoms with Crippen molar-refractivity contribution in [1.29, 1.82) is 0 Å². The molecule has 24 heavy (non-hydrogen) atoms. The third kappa shape index (κ3) is 5.39. The SMILES string of the molecule is C=CC(=O)Oc1ccc(-c2ccc(CCCOC(C)=O)cc2)cc1. The molecule has 2 aromatic carbocycles. The van der Waals surface area contributed by atoms with Crippen LogP contribution in [0.25, 0.3) is 11.1 Å². The molecule has 4 heteroatoms. The molecule has 0 radical (unpaired) electrons. The van der Waals surface area contributed by atoms with Crippen molar-refractivity contribution in [2.45, 2.75) is 19.8 Å². The highest BCUT2D eigenvalue weighted by Crippen LogP contribution is 2.23. The van der Waals surface area contributed by atoms with Gasteiger partial charge in [-0.3, -0.25) is 4.79 Å². The third-order valence-corrected chi connectivity index (χ3v) is 3.44. The molecule has 0 unspecified atom stereocenters. The van der Waals surface area contributed by atoms with Crippen LogP contribution < -0.4 is 4.74 Å². The zero-order valence-corrected chi connectivity index (χ0v) is 13.7. The van der Waals surface area contributed by atoms with Gasteiger partial charge in [-0.25, -0.2) is 4.79 Å². The molecule has 0 aliphatic heterocycles. The Labute approximate surface area is 141 Å². The third-order valence-electron chi connectivity index (χ3n) is 3.44. The van der Waals surface area contributed by atoms with Gasteiger partial charge in [0, 0.05) is 13.0 Å². The van der Waals surface area contributed by atoms with Crippen LogP contribution in [0.1, 0.15) is 18.9 Å². The zero-order valence-electron chi connectivity index (χ0n) is 13.7. The van der Waals surface area contributed by atoms with Crippen LogP contribution in [0.5, 0.6) is 5.75 Å². The highest BCUT2D eigenvalue weighted by Gasteiger charge is 2.02. The number of ether oxygens (including phenoxy) is 2. The van der Waals surface area contributed by atoms with Gasteiger partial charge < -0.3 is 9.47 Å². The van der Waals surface area contributed by atoms with E-state index in [1.54, 1.807) is 12.1 Å². The lowest BCUT2D eigenvalue weighted by atomic mass is 10.0. The molecule has 0 aromatic heterocycles. The maximum atomic E-state index is 11.2. The van der Waals surface area contributed by atoms with Crippen molar-refractivity contribution >= 4 is 11.9 Å². The second-order valence-corrected chi connectivity index (χ2v) is 5.29. The van der Waals surface area contributed by atoms with E-state index in [2.05, 4.69) is 18.7 Å². The summed E-state index contributed by atoms with van der Waals surface area (Å²) in [5.74, 6) is -0.223. The van der Waals surface area contributed by atoms with E-state index in [0.717, 1.165) is 30.0 Å². The molecule has 0 spiro atoms. The number of rotatable bonds is 7. The highest BCUT2D eigenvalue weighted by atomic mass is 16.5. The maximum absolute atomic E-state index is 11.2. The molecule has 0 fully saturated rings. The summed E-state index contributed by atoms with van der Waals surface area (Å²) in [7, 11) is 0. The van der Waals surface area contributed by atoms with Crippen molar-refractivity contribution in [3.05, 3.63) is 66.7 Å². The van der Waals surface area contributed by atoms with Gasteiger partial charge in [-0.05, 0) is 41.7 Å². The van der Waals surface area contributed by atoms with Crippen LogP contribution in [0.2, 0.25) is 0 Å². The smallest absolute Gasteiger partial charge is 0.335 e. The van der Waals surface area contributed by atoms with Gasteiger partial charge in [-0.15, -0.1) is 0 Å². The number of benzene rings is 2. The molecule has 4 nitrogen and oxygen atoms in total.